The van der Waals surface area contributed by atoms with Gasteiger partial charge in [-0.25, -0.2) is 14.5 Å². The minimum atomic E-state index is -0.878. The Labute approximate surface area is 199 Å². The summed E-state index contributed by atoms with van der Waals surface area (Å²) < 4.78 is 18.9. The molecule has 180 valence electrons. The Morgan fingerprint density at radius 3 is 2.24 bits per heavy atom. The summed E-state index contributed by atoms with van der Waals surface area (Å²) in [6.07, 6.45) is 0.547. The van der Waals surface area contributed by atoms with Crippen LogP contribution < -0.4 is 4.74 Å². The van der Waals surface area contributed by atoms with Gasteiger partial charge in [-0.3, -0.25) is 4.79 Å². The molecule has 2 atom stereocenters. The molecule has 0 aliphatic carbocycles. The van der Waals surface area contributed by atoms with Crippen LogP contribution in [0.2, 0.25) is 0 Å². The van der Waals surface area contributed by atoms with E-state index in [4.69, 9.17) is 14.2 Å². The van der Waals surface area contributed by atoms with Gasteiger partial charge in [0.1, 0.15) is 25.0 Å². The Kier molecular flexibility index (Phi) is 7.88. The van der Waals surface area contributed by atoms with Gasteiger partial charge in [-0.05, 0) is 23.3 Å². The number of carbonyl (C=O) groups excluding carboxylic acids is 2. The van der Waals surface area contributed by atoms with Gasteiger partial charge in [0.05, 0.1) is 0 Å². The predicted octanol–water partition coefficient (Wildman–Crippen LogP) is 4.18. The van der Waals surface area contributed by atoms with Crippen molar-refractivity contribution < 1.29 is 23.8 Å². The van der Waals surface area contributed by atoms with E-state index in [1.54, 1.807) is 14.1 Å². The molecule has 9 heteroatoms. The van der Waals surface area contributed by atoms with E-state index in [0.29, 0.717) is 5.75 Å². The van der Waals surface area contributed by atoms with E-state index >= 15 is 0 Å². The highest BCUT2D eigenvalue weighted by Gasteiger charge is 2.43. The summed E-state index contributed by atoms with van der Waals surface area (Å²) in [5.74, 6) is 0.120. The molecule has 0 N–H and O–H groups in total. The third kappa shape index (κ3) is 6.34. The molecule has 3 aromatic rings. The summed E-state index contributed by atoms with van der Waals surface area (Å²) in [4.78, 5) is 29.4. The van der Waals surface area contributed by atoms with E-state index in [2.05, 4.69) is 10.1 Å². The summed E-state index contributed by atoms with van der Waals surface area (Å²) in [6.45, 7) is 5.00. The fourth-order valence-electron chi connectivity index (χ4n) is 3.29. The van der Waals surface area contributed by atoms with Crippen molar-refractivity contribution in [3.63, 3.8) is 0 Å². The standard InChI is InChI=1S/C25H30N4O5/c1-18(30)32-15-25(2,3)22(34-24(31)28(4)5)23(29-17-26-16-27-29)33-21-13-11-20(12-14-21)19-9-7-6-8-10-19/h6-14,16-17,22-23H,15H2,1-5H3. The smallest absolute Gasteiger partial charge is 0.409 e. The number of nitrogens with zero attached hydrogens (tertiary/aromatic N) is 4. The number of rotatable bonds is 9. The highest BCUT2D eigenvalue weighted by atomic mass is 16.6. The summed E-state index contributed by atoms with van der Waals surface area (Å²) in [5, 5.41) is 4.23. The molecular formula is C25H30N4O5. The van der Waals surface area contributed by atoms with E-state index in [1.165, 1.54) is 29.2 Å². The molecule has 0 radical (unpaired) electrons. The lowest BCUT2D eigenvalue weighted by Crippen LogP contribution is -2.47. The molecule has 0 saturated carbocycles. The van der Waals surface area contributed by atoms with Crippen molar-refractivity contribution in [2.45, 2.75) is 33.1 Å². The zero-order chi connectivity index (χ0) is 24.7. The first kappa shape index (κ1) is 24.8. The first-order valence-electron chi connectivity index (χ1n) is 10.8. The van der Waals surface area contributed by atoms with Gasteiger partial charge in [0, 0.05) is 26.4 Å². The van der Waals surface area contributed by atoms with Gasteiger partial charge in [0.2, 0.25) is 6.23 Å². The summed E-state index contributed by atoms with van der Waals surface area (Å²) in [5.41, 5.74) is 1.30. The van der Waals surface area contributed by atoms with E-state index in [-0.39, 0.29) is 6.61 Å². The molecule has 34 heavy (non-hydrogen) atoms. The van der Waals surface area contributed by atoms with Crippen LogP contribution in [0, 0.1) is 5.41 Å². The fraction of sp³-hybridized carbons (Fsp3) is 0.360. The largest absolute Gasteiger partial charge is 0.465 e. The summed E-state index contributed by atoms with van der Waals surface area (Å²) >= 11 is 0. The second kappa shape index (κ2) is 10.8. The van der Waals surface area contributed by atoms with Crippen LogP contribution in [0.25, 0.3) is 11.1 Å². The molecule has 0 aliphatic rings. The Balaban J connectivity index is 1.93. The average Bonchev–Trinajstić information content (AvgIpc) is 3.35. The van der Waals surface area contributed by atoms with Gasteiger partial charge in [0.15, 0.2) is 6.10 Å². The van der Waals surface area contributed by atoms with Gasteiger partial charge in [-0.2, -0.15) is 5.10 Å². The van der Waals surface area contributed by atoms with Crippen LogP contribution in [-0.2, 0) is 14.3 Å². The predicted molar refractivity (Wildman–Crippen MR) is 126 cm³/mol. The third-order valence-electron chi connectivity index (χ3n) is 5.19. The van der Waals surface area contributed by atoms with Gasteiger partial charge < -0.3 is 19.1 Å². The maximum atomic E-state index is 12.6. The molecule has 0 saturated heterocycles. The molecule has 9 nitrogen and oxygen atoms in total. The molecule has 1 aromatic heterocycles. The van der Waals surface area contributed by atoms with E-state index in [0.717, 1.165) is 11.1 Å². The molecule has 0 aliphatic heterocycles. The van der Waals surface area contributed by atoms with Crippen molar-refractivity contribution in [3.8, 4) is 16.9 Å². The SMILES string of the molecule is CC(=O)OCC(C)(C)C(OC(=O)N(C)C)C(Oc1ccc(-c2ccccc2)cc1)n1cncn1. The quantitative estimate of drug-likeness (QED) is 0.437. The topological polar surface area (TPSA) is 95.8 Å². The monoisotopic (exact) mass is 466 g/mol. The van der Waals surface area contributed by atoms with Crippen molar-refractivity contribution in [1.29, 1.82) is 0 Å². The third-order valence-corrected chi connectivity index (χ3v) is 5.19. The van der Waals surface area contributed by atoms with Crippen molar-refractivity contribution in [1.82, 2.24) is 19.7 Å². The molecule has 1 heterocycles. The maximum absolute atomic E-state index is 12.6. The first-order valence-corrected chi connectivity index (χ1v) is 10.8. The summed E-state index contributed by atoms with van der Waals surface area (Å²) in [7, 11) is 3.18. The average molecular weight is 467 g/mol. The Hall–Kier alpha value is -3.88. The van der Waals surface area contributed by atoms with E-state index < -0.39 is 29.8 Å². The Morgan fingerprint density at radius 2 is 1.68 bits per heavy atom. The van der Waals surface area contributed by atoms with Crippen LogP contribution in [0.1, 0.15) is 27.0 Å². The van der Waals surface area contributed by atoms with Crippen molar-refractivity contribution >= 4 is 12.1 Å². The van der Waals surface area contributed by atoms with Crippen LogP contribution in [-0.4, -0.2) is 58.5 Å². The van der Waals surface area contributed by atoms with E-state index in [9.17, 15) is 9.59 Å². The first-order chi connectivity index (χ1) is 16.2. The highest BCUT2D eigenvalue weighted by Crippen LogP contribution is 2.35. The zero-order valence-corrected chi connectivity index (χ0v) is 20.0. The molecule has 0 bridgehead atoms. The zero-order valence-electron chi connectivity index (χ0n) is 20.0. The minimum absolute atomic E-state index is 0.00914. The van der Waals surface area contributed by atoms with Crippen LogP contribution in [0.4, 0.5) is 4.79 Å². The number of hydrogen-bond acceptors (Lipinski definition) is 7. The van der Waals surface area contributed by atoms with Crippen LogP contribution >= 0.6 is 0 Å². The van der Waals surface area contributed by atoms with Gasteiger partial charge >= 0.3 is 12.1 Å². The summed E-state index contributed by atoms with van der Waals surface area (Å²) in [6, 6.07) is 17.6. The number of amides is 1. The number of esters is 1. The van der Waals surface area contributed by atoms with Crippen LogP contribution in [0.15, 0.2) is 67.3 Å². The number of carbonyl (C=O) groups is 2. The number of benzene rings is 2. The molecule has 3 rings (SSSR count). The normalized spacial score (nSPS) is 13.0. The van der Waals surface area contributed by atoms with Crippen molar-refractivity contribution in [3.05, 3.63) is 67.3 Å². The molecule has 2 unspecified atom stereocenters. The van der Waals surface area contributed by atoms with Crippen LogP contribution in [0.3, 0.4) is 0 Å². The fourth-order valence-corrected chi connectivity index (χ4v) is 3.29. The van der Waals surface area contributed by atoms with Gasteiger partial charge in [-0.1, -0.05) is 56.3 Å². The Morgan fingerprint density at radius 1 is 1.03 bits per heavy atom. The van der Waals surface area contributed by atoms with Crippen molar-refractivity contribution in [2.24, 2.45) is 5.41 Å². The van der Waals surface area contributed by atoms with E-state index in [1.807, 2.05) is 68.4 Å². The lowest BCUT2D eigenvalue weighted by Gasteiger charge is -2.38. The van der Waals surface area contributed by atoms with Gasteiger partial charge in [0.25, 0.3) is 0 Å². The molecule has 0 spiro atoms. The number of hydrogen-bond donors (Lipinski definition) is 0. The lowest BCUT2D eigenvalue weighted by atomic mass is 9.86. The molecule has 2 aromatic carbocycles. The second-order valence-corrected chi connectivity index (χ2v) is 8.74. The molecular weight excluding hydrogens is 436 g/mol. The lowest BCUT2D eigenvalue weighted by molar-refractivity contribution is -0.152. The highest BCUT2D eigenvalue weighted by molar-refractivity contribution is 5.67. The maximum Gasteiger partial charge on any atom is 0.409 e. The number of ether oxygens (including phenoxy) is 3. The Bertz CT molecular complexity index is 1070. The van der Waals surface area contributed by atoms with Crippen molar-refractivity contribution in [2.75, 3.05) is 20.7 Å². The van der Waals surface area contributed by atoms with Gasteiger partial charge in [-0.15, -0.1) is 0 Å². The molecule has 0 fully saturated rings. The minimum Gasteiger partial charge on any atom is -0.465 e. The number of aromatic nitrogens is 3. The second-order valence-electron chi connectivity index (χ2n) is 8.74. The molecule has 1 amide bonds. The van der Waals surface area contributed by atoms with Crippen LogP contribution in [0.5, 0.6) is 5.75 Å².